The maximum atomic E-state index is 13.2. The van der Waals surface area contributed by atoms with Crippen molar-refractivity contribution < 1.29 is 14.3 Å². The summed E-state index contributed by atoms with van der Waals surface area (Å²) in [6.07, 6.45) is 2.41. The second-order valence-electron chi connectivity index (χ2n) is 5.45. The number of aliphatic hydroxyl groups excluding tert-OH is 1. The van der Waals surface area contributed by atoms with E-state index in [1.165, 1.54) is 12.1 Å². The molecular formula is C16H25FN2O2. The van der Waals surface area contributed by atoms with Crippen LogP contribution in [0.5, 0.6) is 0 Å². The minimum Gasteiger partial charge on any atom is -0.396 e. The Hall–Kier alpha value is -1.62. The summed E-state index contributed by atoms with van der Waals surface area (Å²) in [6, 6.07) is 3.93. The Bertz CT molecular complexity index is 473. The monoisotopic (exact) mass is 296 g/mol. The van der Waals surface area contributed by atoms with Gasteiger partial charge in [0.1, 0.15) is 5.82 Å². The van der Waals surface area contributed by atoms with Crippen LogP contribution < -0.4 is 10.6 Å². The molecule has 0 heterocycles. The Labute approximate surface area is 125 Å². The molecule has 0 aromatic heterocycles. The maximum Gasteiger partial charge on any atom is 0.319 e. The molecule has 118 valence electrons. The normalized spacial score (nSPS) is 11.3. The molecule has 0 aliphatic carbocycles. The predicted octanol–water partition coefficient (Wildman–Crippen LogP) is 3.44. The van der Waals surface area contributed by atoms with Gasteiger partial charge >= 0.3 is 6.03 Å². The first-order valence-corrected chi connectivity index (χ1v) is 7.38. The van der Waals surface area contributed by atoms with Gasteiger partial charge in [0.25, 0.3) is 0 Å². The van der Waals surface area contributed by atoms with E-state index >= 15 is 0 Å². The van der Waals surface area contributed by atoms with Crippen molar-refractivity contribution in [3.05, 3.63) is 29.6 Å². The van der Waals surface area contributed by atoms with Crippen LogP contribution in [-0.4, -0.2) is 24.3 Å². The highest BCUT2D eigenvalue weighted by Gasteiger charge is 2.26. The average Bonchev–Trinajstić information content (AvgIpc) is 2.47. The van der Waals surface area contributed by atoms with E-state index in [9.17, 15) is 9.18 Å². The van der Waals surface area contributed by atoms with Gasteiger partial charge in [-0.15, -0.1) is 0 Å². The van der Waals surface area contributed by atoms with Crippen molar-refractivity contribution in [3.63, 3.8) is 0 Å². The van der Waals surface area contributed by atoms with Crippen molar-refractivity contribution in [2.24, 2.45) is 5.41 Å². The topological polar surface area (TPSA) is 61.4 Å². The highest BCUT2D eigenvalue weighted by molar-refractivity contribution is 5.90. The van der Waals surface area contributed by atoms with Gasteiger partial charge in [-0.2, -0.15) is 0 Å². The number of nitrogens with one attached hydrogen (secondary N) is 2. The largest absolute Gasteiger partial charge is 0.396 e. The zero-order valence-electron chi connectivity index (χ0n) is 13.0. The summed E-state index contributed by atoms with van der Waals surface area (Å²) in [5, 5.41) is 14.6. The molecular weight excluding hydrogens is 271 g/mol. The van der Waals surface area contributed by atoms with Gasteiger partial charge in [-0.05, 0) is 49.3 Å². The van der Waals surface area contributed by atoms with E-state index in [2.05, 4.69) is 24.5 Å². The number of aliphatic hydroxyl groups is 1. The van der Waals surface area contributed by atoms with Crippen LogP contribution in [0.2, 0.25) is 0 Å². The summed E-state index contributed by atoms with van der Waals surface area (Å²) in [4.78, 5) is 12.0. The van der Waals surface area contributed by atoms with E-state index in [1.54, 1.807) is 6.07 Å². The third-order valence-corrected chi connectivity index (χ3v) is 4.21. The summed E-state index contributed by atoms with van der Waals surface area (Å²) in [7, 11) is 0. The standard InChI is InChI=1S/C16H25FN2O2/c1-4-16(5-2,8-9-20)11-18-15(21)19-14-10-13(17)7-6-12(14)3/h6-7,10,20H,4-5,8-9,11H2,1-3H3,(H2,18,19,21). The fourth-order valence-electron chi connectivity index (χ4n) is 2.34. The first-order chi connectivity index (χ1) is 9.96. The SMILES string of the molecule is CCC(CC)(CCO)CNC(=O)Nc1cc(F)ccc1C. The van der Waals surface area contributed by atoms with E-state index in [-0.39, 0.29) is 23.9 Å². The van der Waals surface area contributed by atoms with Gasteiger partial charge in [-0.1, -0.05) is 19.9 Å². The van der Waals surface area contributed by atoms with Crippen molar-refractivity contribution in [3.8, 4) is 0 Å². The lowest BCUT2D eigenvalue weighted by atomic mass is 9.79. The van der Waals surface area contributed by atoms with Crippen molar-refractivity contribution in [1.82, 2.24) is 5.32 Å². The molecule has 0 saturated carbocycles. The molecule has 21 heavy (non-hydrogen) atoms. The van der Waals surface area contributed by atoms with Gasteiger partial charge in [0.2, 0.25) is 0 Å². The van der Waals surface area contributed by atoms with E-state index < -0.39 is 0 Å². The Kier molecular flexibility index (Phi) is 6.62. The van der Waals surface area contributed by atoms with Crippen LogP contribution in [0.1, 0.15) is 38.7 Å². The van der Waals surface area contributed by atoms with Crippen LogP contribution in [0.25, 0.3) is 0 Å². The zero-order chi connectivity index (χ0) is 15.9. The number of benzene rings is 1. The molecule has 4 nitrogen and oxygen atoms in total. The number of rotatable bonds is 7. The molecule has 0 radical (unpaired) electrons. The second kappa shape index (κ2) is 7.98. The summed E-state index contributed by atoms with van der Waals surface area (Å²) in [5.41, 5.74) is 1.18. The Morgan fingerprint density at radius 1 is 1.33 bits per heavy atom. The predicted molar refractivity (Wildman–Crippen MR) is 82.9 cm³/mol. The maximum absolute atomic E-state index is 13.2. The van der Waals surface area contributed by atoms with Gasteiger partial charge in [-0.3, -0.25) is 0 Å². The molecule has 1 aromatic carbocycles. The fraction of sp³-hybridized carbons (Fsp3) is 0.562. The number of hydrogen-bond acceptors (Lipinski definition) is 2. The number of aryl methyl sites for hydroxylation is 1. The molecule has 0 aliphatic rings. The Morgan fingerprint density at radius 3 is 2.57 bits per heavy atom. The molecule has 2 amide bonds. The van der Waals surface area contributed by atoms with Gasteiger partial charge in [-0.25, -0.2) is 9.18 Å². The lowest BCUT2D eigenvalue weighted by Crippen LogP contribution is -2.39. The highest BCUT2D eigenvalue weighted by atomic mass is 19.1. The minimum atomic E-state index is -0.382. The van der Waals surface area contributed by atoms with Crippen LogP contribution in [0, 0.1) is 18.2 Å². The lowest BCUT2D eigenvalue weighted by Gasteiger charge is -2.31. The molecule has 0 atom stereocenters. The number of carbonyl (C=O) groups excluding carboxylic acids is 1. The molecule has 0 unspecified atom stereocenters. The Morgan fingerprint density at radius 2 is 2.00 bits per heavy atom. The lowest BCUT2D eigenvalue weighted by molar-refractivity contribution is 0.165. The van der Waals surface area contributed by atoms with Crippen molar-refractivity contribution >= 4 is 11.7 Å². The number of anilines is 1. The summed E-state index contributed by atoms with van der Waals surface area (Å²) in [5.74, 6) is -0.382. The molecule has 0 bridgehead atoms. The van der Waals surface area contributed by atoms with Gasteiger partial charge in [0.15, 0.2) is 0 Å². The van der Waals surface area contributed by atoms with Crippen LogP contribution in [0.15, 0.2) is 18.2 Å². The van der Waals surface area contributed by atoms with Gasteiger partial charge < -0.3 is 15.7 Å². The van der Waals surface area contributed by atoms with Crippen molar-refractivity contribution in [2.75, 3.05) is 18.5 Å². The molecule has 5 heteroatoms. The van der Waals surface area contributed by atoms with E-state index in [1.807, 2.05) is 6.92 Å². The van der Waals surface area contributed by atoms with Gasteiger partial charge in [0, 0.05) is 18.8 Å². The third kappa shape index (κ3) is 5.01. The number of urea groups is 1. The quantitative estimate of drug-likeness (QED) is 0.721. The van der Waals surface area contributed by atoms with E-state index in [4.69, 9.17) is 5.11 Å². The number of carbonyl (C=O) groups is 1. The molecule has 0 spiro atoms. The molecule has 0 aliphatic heterocycles. The molecule has 0 saturated heterocycles. The smallest absolute Gasteiger partial charge is 0.319 e. The van der Waals surface area contributed by atoms with E-state index in [0.717, 1.165) is 18.4 Å². The van der Waals surface area contributed by atoms with E-state index in [0.29, 0.717) is 18.7 Å². The van der Waals surface area contributed by atoms with Gasteiger partial charge in [0.05, 0.1) is 0 Å². The highest BCUT2D eigenvalue weighted by Crippen LogP contribution is 2.29. The first-order valence-electron chi connectivity index (χ1n) is 7.38. The summed E-state index contributed by atoms with van der Waals surface area (Å²) >= 11 is 0. The average molecular weight is 296 g/mol. The van der Waals surface area contributed by atoms with Crippen LogP contribution in [0.4, 0.5) is 14.9 Å². The van der Waals surface area contributed by atoms with Crippen LogP contribution >= 0.6 is 0 Å². The molecule has 1 aromatic rings. The number of halogens is 1. The summed E-state index contributed by atoms with van der Waals surface area (Å²) < 4.78 is 13.2. The first kappa shape index (κ1) is 17.4. The van der Waals surface area contributed by atoms with Crippen LogP contribution in [0.3, 0.4) is 0 Å². The minimum absolute atomic E-state index is 0.0942. The summed E-state index contributed by atoms with van der Waals surface area (Å²) in [6.45, 7) is 6.50. The molecule has 0 fully saturated rings. The van der Waals surface area contributed by atoms with Crippen LogP contribution in [-0.2, 0) is 0 Å². The second-order valence-corrected chi connectivity index (χ2v) is 5.45. The Balaban J connectivity index is 2.63. The zero-order valence-corrected chi connectivity index (χ0v) is 13.0. The molecule has 1 rings (SSSR count). The molecule has 3 N–H and O–H groups in total. The number of amides is 2. The van der Waals surface area contributed by atoms with Crippen molar-refractivity contribution in [2.45, 2.75) is 40.0 Å². The third-order valence-electron chi connectivity index (χ3n) is 4.21. The van der Waals surface area contributed by atoms with Crippen molar-refractivity contribution in [1.29, 1.82) is 0 Å². The number of hydrogen-bond donors (Lipinski definition) is 3. The fourth-order valence-corrected chi connectivity index (χ4v) is 2.34.